The van der Waals surface area contributed by atoms with Gasteiger partial charge in [-0.1, -0.05) is 0 Å². The summed E-state index contributed by atoms with van der Waals surface area (Å²) in [6.45, 7) is 3.19. The van der Waals surface area contributed by atoms with Crippen LogP contribution < -0.4 is 11.3 Å². The molecule has 94 valence electrons. The van der Waals surface area contributed by atoms with Crippen LogP contribution in [0.2, 0.25) is 0 Å². The van der Waals surface area contributed by atoms with Crippen LogP contribution in [0.3, 0.4) is 0 Å². The minimum atomic E-state index is -0.0716. The van der Waals surface area contributed by atoms with Gasteiger partial charge in [-0.05, 0) is 17.7 Å². The van der Waals surface area contributed by atoms with Gasteiger partial charge in [-0.2, -0.15) is 0 Å². The fourth-order valence-corrected chi connectivity index (χ4v) is 1.94. The number of aliphatic hydroxyl groups excluding tert-OH is 1. The van der Waals surface area contributed by atoms with Crippen molar-refractivity contribution in [2.75, 3.05) is 31.7 Å². The number of pyridine rings is 1. The van der Waals surface area contributed by atoms with Gasteiger partial charge in [-0.3, -0.25) is 4.90 Å². The first-order chi connectivity index (χ1) is 8.31. The predicted octanol–water partition coefficient (Wildman–Crippen LogP) is -0.440. The fraction of sp³-hybridized carbons (Fsp3) is 0.545. The quantitative estimate of drug-likeness (QED) is 0.487. The fourth-order valence-electron chi connectivity index (χ4n) is 1.94. The first kappa shape index (κ1) is 12.3. The number of morpholine rings is 1. The summed E-state index contributed by atoms with van der Waals surface area (Å²) in [5.74, 6) is 5.98. The molecule has 1 aliphatic rings. The Balaban J connectivity index is 1.95. The van der Waals surface area contributed by atoms with E-state index in [4.69, 9.17) is 15.7 Å². The molecule has 2 rings (SSSR count). The third-order valence-corrected chi connectivity index (χ3v) is 2.80. The zero-order valence-corrected chi connectivity index (χ0v) is 9.67. The first-order valence-corrected chi connectivity index (χ1v) is 5.68. The van der Waals surface area contributed by atoms with Crippen molar-refractivity contribution in [3.63, 3.8) is 0 Å². The van der Waals surface area contributed by atoms with E-state index in [1.807, 2.05) is 12.1 Å². The summed E-state index contributed by atoms with van der Waals surface area (Å²) in [5, 5.41) is 9.07. The maximum Gasteiger partial charge on any atom is 0.140 e. The van der Waals surface area contributed by atoms with Crippen LogP contribution in [-0.4, -0.2) is 47.4 Å². The molecule has 1 aliphatic heterocycles. The van der Waals surface area contributed by atoms with Crippen LogP contribution in [-0.2, 0) is 11.3 Å². The van der Waals surface area contributed by atoms with Crippen molar-refractivity contribution in [2.24, 2.45) is 5.84 Å². The minimum absolute atomic E-state index is 0.0716. The second-order valence-corrected chi connectivity index (χ2v) is 4.10. The molecule has 4 N–H and O–H groups in total. The van der Waals surface area contributed by atoms with Crippen LogP contribution in [0, 0.1) is 0 Å². The molecule has 0 saturated carbocycles. The summed E-state index contributed by atoms with van der Waals surface area (Å²) in [4.78, 5) is 6.31. The molecule has 1 aromatic heterocycles. The standard InChI is InChI=1S/C11H18N4O2/c12-14-11-5-9(1-2-13-11)6-15-3-4-17-10(7-15)8-16/h1-2,5,10,16H,3-4,6-8,12H2,(H,13,14). The van der Waals surface area contributed by atoms with Crippen molar-refractivity contribution in [3.8, 4) is 0 Å². The normalized spacial score (nSPS) is 21.4. The van der Waals surface area contributed by atoms with Crippen LogP contribution in [0.15, 0.2) is 18.3 Å². The Morgan fingerprint density at radius 2 is 2.53 bits per heavy atom. The summed E-state index contributed by atoms with van der Waals surface area (Å²) in [6.07, 6.45) is 1.66. The molecule has 2 heterocycles. The van der Waals surface area contributed by atoms with Crippen molar-refractivity contribution >= 4 is 5.82 Å². The molecule has 1 fully saturated rings. The van der Waals surface area contributed by atoms with Crippen LogP contribution in [0.25, 0.3) is 0 Å². The highest BCUT2D eigenvalue weighted by Gasteiger charge is 2.19. The Labute approximate surface area is 100 Å². The maximum absolute atomic E-state index is 9.07. The second-order valence-electron chi connectivity index (χ2n) is 4.10. The monoisotopic (exact) mass is 238 g/mol. The number of aromatic nitrogens is 1. The smallest absolute Gasteiger partial charge is 0.140 e. The minimum Gasteiger partial charge on any atom is -0.394 e. The van der Waals surface area contributed by atoms with Gasteiger partial charge in [0.25, 0.3) is 0 Å². The van der Waals surface area contributed by atoms with Crippen LogP contribution in [0.1, 0.15) is 5.56 Å². The number of ether oxygens (including phenoxy) is 1. The molecule has 0 bridgehead atoms. The zero-order chi connectivity index (χ0) is 12.1. The lowest BCUT2D eigenvalue weighted by Crippen LogP contribution is -2.43. The van der Waals surface area contributed by atoms with Gasteiger partial charge >= 0.3 is 0 Å². The number of nitrogens with one attached hydrogen (secondary N) is 1. The highest BCUT2D eigenvalue weighted by Crippen LogP contribution is 2.12. The maximum atomic E-state index is 9.07. The van der Waals surface area contributed by atoms with E-state index in [9.17, 15) is 0 Å². The number of hydrogen-bond acceptors (Lipinski definition) is 6. The Kier molecular flexibility index (Phi) is 4.27. The highest BCUT2D eigenvalue weighted by molar-refractivity contribution is 5.35. The van der Waals surface area contributed by atoms with Gasteiger partial charge in [-0.15, -0.1) is 0 Å². The topological polar surface area (TPSA) is 83.6 Å². The Bertz CT molecular complexity index is 361. The molecule has 1 saturated heterocycles. The third-order valence-electron chi connectivity index (χ3n) is 2.80. The highest BCUT2D eigenvalue weighted by atomic mass is 16.5. The molecule has 6 heteroatoms. The SMILES string of the molecule is NNc1cc(CN2CCOC(CO)C2)ccn1. The molecule has 6 nitrogen and oxygen atoms in total. The summed E-state index contributed by atoms with van der Waals surface area (Å²) in [7, 11) is 0. The zero-order valence-electron chi connectivity index (χ0n) is 9.67. The molecule has 0 aromatic carbocycles. The van der Waals surface area contributed by atoms with Crippen LogP contribution in [0.4, 0.5) is 5.82 Å². The number of aliphatic hydroxyl groups is 1. The van der Waals surface area contributed by atoms with Gasteiger partial charge in [0.15, 0.2) is 0 Å². The number of hydrazine groups is 1. The Morgan fingerprint density at radius 1 is 1.65 bits per heavy atom. The van der Waals surface area contributed by atoms with Crippen LogP contribution >= 0.6 is 0 Å². The lowest BCUT2D eigenvalue weighted by Gasteiger charge is -2.31. The third kappa shape index (κ3) is 3.37. The number of nitrogen functional groups attached to an aromatic ring is 1. The second kappa shape index (κ2) is 5.92. The number of hydrogen-bond donors (Lipinski definition) is 3. The van der Waals surface area contributed by atoms with E-state index >= 15 is 0 Å². The van der Waals surface area contributed by atoms with E-state index in [0.717, 1.165) is 25.2 Å². The van der Waals surface area contributed by atoms with Crippen molar-refractivity contribution in [1.29, 1.82) is 0 Å². The Hall–Kier alpha value is -1.21. The lowest BCUT2D eigenvalue weighted by atomic mass is 10.2. The number of nitrogens with zero attached hydrogens (tertiary/aromatic N) is 2. The predicted molar refractivity (Wildman–Crippen MR) is 64.1 cm³/mol. The molecule has 1 aromatic rings. The molecular formula is C11H18N4O2. The van der Waals surface area contributed by atoms with E-state index in [-0.39, 0.29) is 12.7 Å². The first-order valence-electron chi connectivity index (χ1n) is 5.68. The van der Waals surface area contributed by atoms with Gasteiger partial charge < -0.3 is 15.3 Å². The molecular weight excluding hydrogens is 220 g/mol. The van der Waals surface area contributed by atoms with E-state index in [1.165, 1.54) is 0 Å². The van der Waals surface area contributed by atoms with Crippen molar-refractivity contribution in [2.45, 2.75) is 12.6 Å². The number of rotatable bonds is 4. The van der Waals surface area contributed by atoms with Gasteiger partial charge in [0.2, 0.25) is 0 Å². The van der Waals surface area contributed by atoms with Crippen LogP contribution in [0.5, 0.6) is 0 Å². The van der Waals surface area contributed by atoms with E-state index < -0.39 is 0 Å². The number of nitrogens with two attached hydrogens (primary N) is 1. The van der Waals surface area contributed by atoms with Gasteiger partial charge in [-0.25, -0.2) is 10.8 Å². The molecule has 0 aliphatic carbocycles. The van der Waals surface area contributed by atoms with Gasteiger partial charge in [0.1, 0.15) is 5.82 Å². The Morgan fingerprint density at radius 3 is 3.29 bits per heavy atom. The van der Waals surface area contributed by atoms with E-state index in [0.29, 0.717) is 12.4 Å². The van der Waals surface area contributed by atoms with E-state index in [1.54, 1.807) is 6.20 Å². The molecule has 0 amide bonds. The summed E-state index contributed by atoms with van der Waals surface area (Å²) in [6, 6.07) is 3.88. The molecule has 0 radical (unpaired) electrons. The van der Waals surface area contributed by atoms with Gasteiger partial charge in [0.05, 0.1) is 19.3 Å². The molecule has 0 spiro atoms. The van der Waals surface area contributed by atoms with E-state index in [2.05, 4.69) is 15.3 Å². The molecule has 1 unspecified atom stereocenters. The molecule has 17 heavy (non-hydrogen) atoms. The molecule has 1 atom stereocenters. The van der Waals surface area contributed by atoms with Gasteiger partial charge in [0, 0.05) is 25.8 Å². The van der Waals surface area contributed by atoms with Crippen molar-refractivity contribution in [3.05, 3.63) is 23.9 Å². The largest absolute Gasteiger partial charge is 0.394 e. The average molecular weight is 238 g/mol. The summed E-state index contributed by atoms with van der Waals surface area (Å²) < 4.78 is 5.40. The lowest BCUT2D eigenvalue weighted by molar-refractivity contribution is -0.0551. The van der Waals surface area contributed by atoms with Crippen molar-refractivity contribution in [1.82, 2.24) is 9.88 Å². The summed E-state index contributed by atoms with van der Waals surface area (Å²) in [5.41, 5.74) is 3.68. The average Bonchev–Trinajstić information content (AvgIpc) is 2.39. The summed E-state index contributed by atoms with van der Waals surface area (Å²) >= 11 is 0. The number of anilines is 1. The van der Waals surface area contributed by atoms with Crippen molar-refractivity contribution < 1.29 is 9.84 Å².